The van der Waals surface area contributed by atoms with Crippen molar-refractivity contribution in [3.8, 4) is 0 Å². The van der Waals surface area contributed by atoms with Crippen molar-refractivity contribution < 1.29 is 0 Å². The molecule has 2 aromatic heterocycles. The summed E-state index contributed by atoms with van der Waals surface area (Å²) in [4.78, 5) is 8.63. The largest absolute Gasteiger partial charge is 0.346 e. The van der Waals surface area contributed by atoms with Crippen LogP contribution in [0.4, 0.5) is 0 Å². The average molecular weight is 280 g/mol. The standard InChI is InChI=1S/C17H20N4/c1-12-8-20-14(10-19-12)9-18-11-17-13(2)15-6-4-5-7-16(15)21(17)3/h4-8,10,18H,9,11H2,1-3H3. The lowest BCUT2D eigenvalue weighted by Crippen LogP contribution is -2.16. The molecule has 0 atom stereocenters. The van der Waals surface area contributed by atoms with Crippen LogP contribution in [0.15, 0.2) is 36.7 Å². The summed E-state index contributed by atoms with van der Waals surface area (Å²) in [5, 5.41) is 4.78. The first kappa shape index (κ1) is 13.8. The molecule has 21 heavy (non-hydrogen) atoms. The summed E-state index contributed by atoms with van der Waals surface area (Å²) in [7, 11) is 2.12. The van der Waals surface area contributed by atoms with Gasteiger partial charge in [0.15, 0.2) is 0 Å². The number of hydrogen-bond acceptors (Lipinski definition) is 3. The molecule has 0 fully saturated rings. The fraction of sp³-hybridized carbons (Fsp3) is 0.294. The highest BCUT2D eigenvalue weighted by atomic mass is 15.0. The first-order valence-electron chi connectivity index (χ1n) is 7.18. The second-order valence-electron chi connectivity index (χ2n) is 5.40. The van der Waals surface area contributed by atoms with E-state index in [2.05, 4.69) is 58.1 Å². The highest BCUT2D eigenvalue weighted by Crippen LogP contribution is 2.24. The van der Waals surface area contributed by atoms with Crippen molar-refractivity contribution in [2.45, 2.75) is 26.9 Å². The molecule has 108 valence electrons. The summed E-state index contributed by atoms with van der Waals surface area (Å²) in [6.07, 6.45) is 3.63. The zero-order valence-corrected chi connectivity index (χ0v) is 12.7. The van der Waals surface area contributed by atoms with Crippen LogP contribution in [0, 0.1) is 13.8 Å². The number of aryl methyl sites for hydroxylation is 3. The Morgan fingerprint density at radius 1 is 1.05 bits per heavy atom. The lowest BCUT2D eigenvalue weighted by Gasteiger charge is -2.08. The summed E-state index contributed by atoms with van der Waals surface area (Å²) in [5.74, 6) is 0. The number of rotatable bonds is 4. The van der Waals surface area contributed by atoms with Gasteiger partial charge in [0.05, 0.1) is 11.4 Å². The minimum absolute atomic E-state index is 0.730. The van der Waals surface area contributed by atoms with Crippen LogP contribution < -0.4 is 5.32 Å². The Balaban J connectivity index is 1.75. The first-order chi connectivity index (χ1) is 10.2. The summed E-state index contributed by atoms with van der Waals surface area (Å²) in [6.45, 7) is 5.69. The molecular weight excluding hydrogens is 260 g/mol. The van der Waals surface area contributed by atoms with E-state index >= 15 is 0 Å². The maximum absolute atomic E-state index is 4.37. The smallest absolute Gasteiger partial charge is 0.0724 e. The Labute approximate surface area is 124 Å². The third-order valence-electron chi connectivity index (χ3n) is 3.94. The van der Waals surface area contributed by atoms with Gasteiger partial charge in [-0.2, -0.15) is 0 Å². The zero-order valence-electron chi connectivity index (χ0n) is 12.7. The van der Waals surface area contributed by atoms with E-state index in [9.17, 15) is 0 Å². The Morgan fingerprint density at radius 2 is 1.86 bits per heavy atom. The van der Waals surface area contributed by atoms with E-state index in [-0.39, 0.29) is 0 Å². The van der Waals surface area contributed by atoms with Crippen molar-refractivity contribution in [2.75, 3.05) is 0 Å². The third-order valence-corrected chi connectivity index (χ3v) is 3.94. The van der Waals surface area contributed by atoms with Gasteiger partial charge in [0.1, 0.15) is 0 Å². The van der Waals surface area contributed by atoms with Crippen molar-refractivity contribution >= 4 is 10.9 Å². The Bertz CT molecular complexity index is 717. The first-order valence-corrected chi connectivity index (χ1v) is 7.18. The monoisotopic (exact) mass is 280 g/mol. The maximum atomic E-state index is 4.37. The van der Waals surface area contributed by atoms with E-state index in [4.69, 9.17) is 0 Å². The van der Waals surface area contributed by atoms with E-state index < -0.39 is 0 Å². The van der Waals surface area contributed by atoms with Gasteiger partial charge in [-0.3, -0.25) is 9.97 Å². The molecule has 2 heterocycles. The topological polar surface area (TPSA) is 42.7 Å². The van der Waals surface area contributed by atoms with Gasteiger partial charge in [-0.05, 0) is 25.5 Å². The molecule has 4 nitrogen and oxygen atoms in total. The molecule has 0 unspecified atom stereocenters. The summed E-state index contributed by atoms with van der Waals surface area (Å²) in [5.41, 5.74) is 5.86. The van der Waals surface area contributed by atoms with Crippen LogP contribution in [0.1, 0.15) is 22.6 Å². The van der Waals surface area contributed by atoms with Crippen molar-refractivity contribution in [3.05, 3.63) is 59.3 Å². The fourth-order valence-corrected chi connectivity index (χ4v) is 2.71. The second kappa shape index (κ2) is 5.66. The second-order valence-corrected chi connectivity index (χ2v) is 5.40. The Morgan fingerprint density at radius 3 is 2.57 bits per heavy atom. The molecule has 0 bridgehead atoms. The van der Waals surface area contributed by atoms with Crippen LogP contribution in [0.25, 0.3) is 10.9 Å². The maximum Gasteiger partial charge on any atom is 0.0724 e. The van der Waals surface area contributed by atoms with Crippen LogP contribution in [-0.2, 0) is 20.1 Å². The minimum Gasteiger partial charge on any atom is -0.346 e. The third kappa shape index (κ3) is 2.67. The summed E-state index contributed by atoms with van der Waals surface area (Å²) >= 11 is 0. The molecule has 1 aromatic carbocycles. The van der Waals surface area contributed by atoms with Crippen LogP contribution in [0.3, 0.4) is 0 Å². The van der Waals surface area contributed by atoms with Gasteiger partial charge in [0.25, 0.3) is 0 Å². The Hall–Kier alpha value is -2.20. The number of para-hydroxylation sites is 1. The summed E-state index contributed by atoms with van der Waals surface area (Å²) < 4.78 is 2.26. The molecule has 0 aliphatic carbocycles. The quantitative estimate of drug-likeness (QED) is 0.799. The van der Waals surface area contributed by atoms with E-state index in [1.807, 2.05) is 13.1 Å². The number of hydrogen-bond donors (Lipinski definition) is 1. The van der Waals surface area contributed by atoms with Gasteiger partial charge >= 0.3 is 0 Å². The summed E-state index contributed by atoms with van der Waals surface area (Å²) in [6, 6.07) is 8.52. The van der Waals surface area contributed by atoms with Crippen molar-refractivity contribution in [1.82, 2.24) is 19.9 Å². The molecule has 3 aromatic rings. The number of nitrogens with one attached hydrogen (secondary N) is 1. The van der Waals surface area contributed by atoms with E-state index in [1.165, 1.54) is 22.2 Å². The number of aromatic nitrogens is 3. The van der Waals surface area contributed by atoms with Crippen LogP contribution in [-0.4, -0.2) is 14.5 Å². The molecular formula is C17H20N4. The van der Waals surface area contributed by atoms with Crippen molar-refractivity contribution in [3.63, 3.8) is 0 Å². The van der Waals surface area contributed by atoms with Crippen LogP contribution >= 0.6 is 0 Å². The lowest BCUT2D eigenvalue weighted by atomic mass is 10.1. The van der Waals surface area contributed by atoms with Crippen LogP contribution in [0.2, 0.25) is 0 Å². The van der Waals surface area contributed by atoms with Gasteiger partial charge in [-0.1, -0.05) is 18.2 Å². The number of benzene rings is 1. The normalized spacial score (nSPS) is 11.2. The predicted molar refractivity (Wildman–Crippen MR) is 85.0 cm³/mol. The molecule has 0 spiro atoms. The molecule has 0 aliphatic rings. The van der Waals surface area contributed by atoms with Gasteiger partial charge in [0, 0.05) is 49.1 Å². The average Bonchev–Trinajstić information content (AvgIpc) is 2.75. The van der Waals surface area contributed by atoms with Gasteiger partial charge in [-0.15, -0.1) is 0 Å². The lowest BCUT2D eigenvalue weighted by molar-refractivity contribution is 0.644. The molecule has 0 radical (unpaired) electrons. The highest BCUT2D eigenvalue weighted by Gasteiger charge is 2.10. The molecule has 0 aliphatic heterocycles. The number of fused-ring (bicyclic) bond motifs is 1. The number of nitrogens with zero attached hydrogens (tertiary/aromatic N) is 3. The molecule has 4 heteroatoms. The van der Waals surface area contributed by atoms with E-state index in [0.717, 1.165) is 24.5 Å². The van der Waals surface area contributed by atoms with Crippen LogP contribution in [0.5, 0.6) is 0 Å². The minimum atomic E-state index is 0.730. The van der Waals surface area contributed by atoms with Crippen molar-refractivity contribution in [2.24, 2.45) is 7.05 Å². The predicted octanol–water partition coefficient (Wildman–Crippen LogP) is 2.87. The van der Waals surface area contributed by atoms with Gasteiger partial charge < -0.3 is 9.88 Å². The zero-order chi connectivity index (χ0) is 14.8. The molecule has 3 rings (SSSR count). The molecule has 0 amide bonds. The van der Waals surface area contributed by atoms with E-state index in [1.54, 1.807) is 6.20 Å². The highest BCUT2D eigenvalue weighted by molar-refractivity contribution is 5.85. The molecule has 0 saturated carbocycles. The fourth-order valence-electron chi connectivity index (χ4n) is 2.71. The molecule has 0 saturated heterocycles. The van der Waals surface area contributed by atoms with Gasteiger partial charge in [-0.25, -0.2) is 0 Å². The van der Waals surface area contributed by atoms with Crippen molar-refractivity contribution in [1.29, 1.82) is 0 Å². The molecule has 1 N–H and O–H groups in total. The SMILES string of the molecule is Cc1cnc(CNCc2c(C)c3ccccc3n2C)cn1. The Kier molecular flexibility index (Phi) is 3.71. The van der Waals surface area contributed by atoms with Gasteiger partial charge in [0.2, 0.25) is 0 Å². The van der Waals surface area contributed by atoms with E-state index in [0.29, 0.717) is 0 Å².